The van der Waals surface area contributed by atoms with E-state index < -0.39 is 0 Å². The second-order valence-corrected chi connectivity index (χ2v) is 7.03. The summed E-state index contributed by atoms with van der Waals surface area (Å²) >= 11 is 1.37. The minimum atomic E-state index is -0.0185. The summed E-state index contributed by atoms with van der Waals surface area (Å²) in [4.78, 5) is 25.1. The van der Waals surface area contributed by atoms with Gasteiger partial charge < -0.3 is 5.32 Å². The van der Waals surface area contributed by atoms with E-state index in [1.807, 2.05) is 17.1 Å². The third-order valence-corrected chi connectivity index (χ3v) is 5.29. The van der Waals surface area contributed by atoms with Gasteiger partial charge in [0.05, 0.1) is 35.8 Å². The second kappa shape index (κ2) is 7.10. The minimum Gasteiger partial charge on any atom is -0.349 e. The van der Waals surface area contributed by atoms with Crippen molar-refractivity contribution >= 4 is 17.2 Å². The molecule has 3 heterocycles. The van der Waals surface area contributed by atoms with E-state index >= 15 is 0 Å². The van der Waals surface area contributed by atoms with Crippen molar-refractivity contribution in [2.75, 3.05) is 0 Å². The number of nitrogens with one attached hydrogen (secondary N) is 1. The molecule has 0 radical (unpaired) electrons. The molecule has 3 aromatic heterocycles. The van der Waals surface area contributed by atoms with E-state index in [4.69, 9.17) is 0 Å². The molecule has 1 N–H and O–H groups in total. The monoisotopic (exact) mass is 354 g/mol. The first-order chi connectivity index (χ1) is 12.3. The molecule has 1 amide bonds. The fraction of sp³-hybridized carbons (Fsp3) is 0.353. The van der Waals surface area contributed by atoms with Crippen molar-refractivity contribution < 1.29 is 4.79 Å². The van der Waals surface area contributed by atoms with Crippen LogP contribution in [0.4, 0.5) is 0 Å². The van der Waals surface area contributed by atoms with E-state index in [0.29, 0.717) is 10.9 Å². The van der Waals surface area contributed by atoms with Crippen molar-refractivity contribution in [2.45, 2.75) is 37.8 Å². The van der Waals surface area contributed by atoms with Gasteiger partial charge in [0.15, 0.2) is 0 Å². The van der Waals surface area contributed by atoms with Gasteiger partial charge in [-0.2, -0.15) is 5.10 Å². The molecular weight excluding hydrogens is 336 g/mol. The Kier molecular flexibility index (Phi) is 4.51. The molecule has 0 saturated heterocycles. The van der Waals surface area contributed by atoms with Crippen LogP contribution in [0.3, 0.4) is 0 Å². The SMILES string of the molecule is O=C(NC1CCC(n2cc(-c3cnccn3)cn2)CC1)c1cncs1. The van der Waals surface area contributed by atoms with Gasteiger partial charge in [0.1, 0.15) is 4.88 Å². The van der Waals surface area contributed by atoms with Gasteiger partial charge in [-0.15, -0.1) is 11.3 Å². The standard InChI is InChI=1S/C17H18N6OS/c24-17(16-9-19-11-25-16)22-13-1-3-14(4-2-13)23-10-12(7-21-23)15-8-18-5-6-20-15/h5-11,13-14H,1-4H2,(H,22,24). The van der Waals surface area contributed by atoms with Gasteiger partial charge in [0.2, 0.25) is 0 Å². The number of hydrogen-bond donors (Lipinski definition) is 1. The molecule has 4 rings (SSSR count). The molecule has 1 aliphatic carbocycles. The van der Waals surface area contributed by atoms with Crippen LogP contribution in [-0.4, -0.2) is 36.7 Å². The first-order valence-electron chi connectivity index (χ1n) is 8.29. The smallest absolute Gasteiger partial charge is 0.263 e. The lowest BCUT2D eigenvalue weighted by atomic mass is 9.91. The molecule has 3 aromatic rings. The molecule has 0 unspecified atom stereocenters. The predicted molar refractivity (Wildman–Crippen MR) is 94.1 cm³/mol. The van der Waals surface area contributed by atoms with Gasteiger partial charge in [-0.05, 0) is 25.7 Å². The highest BCUT2D eigenvalue weighted by Gasteiger charge is 2.24. The first kappa shape index (κ1) is 15.9. The molecule has 0 atom stereocenters. The number of carbonyl (C=O) groups excluding carboxylic acids is 1. The lowest BCUT2D eigenvalue weighted by Gasteiger charge is -2.29. The number of carbonyl (C=O) groups is 1. The van der Waals surface area contributed by atoms with Crippen LogP contribution in [0.25, 0.3) is 11.3 Å². The Bertz CT molecular complexity index is 824. The largest absolute Gasteiger partial charge is 0.349 e. The fourth-order valence-corrected chi connectivity index (χ4v) is 3.71. The molecule has 25 heavy (non-hydrogen) atoms. The predicted octanol–water partition coefficient (Wildman–Crippen LogP) is 2.71. The average Bonchev–Trinajstić information content (AvgIpc) is 3.35. The lowest BCUT2D eigenvalue weighted by Crippen LogP contribution is -2.37. The second-order valence-electron chi connectivity index (χ2n) is 6.14. The number of hydrogen-bond acceptors (Lipinski definition) is 6. The van der Waals surface area contributed by atoms with E-state index in [9.17, 15) is 4.79 Å². The van der Waals surface area contributed by atoms with E-state index in [1.54, 1.807) is 30.3 Å². The van der Waals surface area contributed by atoms with Crippen LogP contribution in [-0.2, 0) is 0 Å². The first-order valence-corrected chi connectivity index (χ1v) is 9.17. The zero-order chi connectivity index (χ0) is 17.1. The highest BCUT2D eigenvalue weighted by atomic mass is 32.1. The molecular formula is C17H18N6OS. The van der Waals surface area contributed by atoms with Gasteiger partial charge in [0.25, 0.3) is 5.91 Å². The zero-order valence-corrected chi connectivity index (χ0v) is 14.4. The number of thiazole rings is 1. The summed E-state index contributed by atoms with van der Waals surface area (Å²) in [6.45, 7) is 0. The highest BCUT2D eigenvalue weighted by molar-refractivity contribution is 7.11. The molecule has 0 spiro atoms. The fourth-order valence-electron chi connectivity index (χ4n) is 3.19. The van der Waals surface area contributed by atoms with E-state index in [0.717, 1.165) is 36.9 Å². The summed E-state index contributed by atoms with van der Waals surface area (Å²) in [6.07, 6.45) is 14.5. The minimum absolute atomic E-state index is 0.0185. The summed E-state index contributed by atoms with van der Waals surface area (Å²) < 4.78 is 2.02. The van der Waals surface area contributed by atoms with Crippen LogP contribution in [0.2, 0.25) is 0 Å². The summed E-state index contributed by atoms with van der Waals surface area (Å²) in [5.41, 5.74) is 3.49. The molecule has 0 aliphatic heterocycles. The Balaban J connectivity index is 1.34. The van der Waals surface area contributed by atoms with Gasteiger partial charge in [-0.25, -0.2) is 0 Å². The van der Waals surface area contributed by atoms with Crippen LogP contribution < -0.4 is 5.32 Å². The molecule has 1 fully saturated rings. The van der Waals surface area contributed by atoms with E-state index in [1.165, 1.54) is 11.3 Å². The van der Waals surface area contributed by atoms with Crippen molar-refractivity contribution in [2.24, 2.45) is 0 Å². The molecule has 7 nitrogen and oxygen atoms in total. The van der Waals surface area contributed by atoms with Gasteiger partial charge >= 0.3 is 0 Å². The molecule has 8 heteroatoms. The van der Waals surface area contributed by atoms with Gasteiger partial charge in [0, 0.05) is 30.2 Å². The van der Waals surface area contributed by atoms with Crippen LogP contribution in [0, 0.1) is 0 Å². The summed E-state index contributed by atoms with van der Waals surface area (Å²) in [5.74, 6) is -0.0185. The third kappa shape index (κ3) is 3.58. The number of amides is 1. The van der Waals surface area contributed by atoms with Crippen molar-refractivity contribution in [1.29, 1.82) is 0 Å². The van der Waals surface area contributed by atoms with E-state index in [2.05, 4.69) is 25.4 Å². The zero-order valence-electron chi connectivity index (χ0n) is 13.6. The number of aromatic nitrogens is 5. The van der Waals surface area contributed by atoms with Crippen LogP contribution in [0.15, 0.2) is 42.7 Å². The van der Waals surface area contributed by atoms with Crippen molar-refractivity contribution in [1.82, 2.24) is 30.0 Å². The van der Waals surface area contributed by atoms with Crippen LogP contribution >= 0.6 is 11.3 Å². The lowest BCUT2D eigenvalue weighted by molar-refractivity contribution is 0.0925. The maximum absolute atomic E-state index is 12.1. The number of nitrogens with zero attached hydrogens (tertiary/aromatic N) is 5. The maximum atomic E-state index is 12.1. The van der Waals surface area contributed by atoms with Crippen molar-refractivity contribution in [3.8, 4) is 11.3 Å². The van der Waals surface area contributed by atoms with E-state index in [-0.39, 0.29) is 11.9 Å². The number of rotatable bonds is 4. The summed E-state index contributed by atoms with van der Waals surface area (Å²) in [7, 11) is 0. The molecule has 1 saturated carbocycles. The third-order valence-electron chi connectivity index (χ3n) is 4.52. The Hall–Kier alpha value is -2.61. The topological polar surface area (TPSA) is 85.6 Å². The summed E-state index contributed by atoms with van der Waals surface area (Å²) in [5, 5.41) is 7.61. The van der Waals surface area contributed by atoms with Gasteiger partial charge in [-0.3, -0.25) is 24.4 Å². The van der Waals surface area contributed by atoms with Crippen LogP contribution in [0.1, 0.15) is 41.4 Å². The average molecular weight is 354 g/mol. The van der Waals surface area contributed by atoms with Crippen molar-refractivity contribution in [3.05, 3.63) is 47.6 Å². The summed E-state index contributed by atoms with van der Waals surface area (Å²) in [6, 6.07) is 0.586. The molecule has 0 aromatic carbocycles. The Labute approximate surface area is 149 Å². The maximum Gasteiger partial charge on any atom is 0.263 e. The Morgan fingerprint density at radius 2 is 2.00 bits per heavy atom. The normalized spacial score (nSPS) is 20.3. The quantitative estimate of drug-likeness (QED) is 0.778. The Morgan fingerprint density at radius 3 is 2.72 bits per heavy atom. The molecule has 1 aliphatic rings. The molecule has 0 bridgehead atoms. The van der Waals surface area contributed by atoms with Crippen LogP contribution in [0.5, 0.6) is 0 Å². The van der Waals surface area contributed by atoms with Gasteiger partial charge in [-0.1, -0.05) is 0 Å². The Morgan fingerprint density at radius 1 is 1.12 bits per heavy atom. The molecule has 128 valence electrons. The van der Waals surface area contributed by atoms with Crippen molar-refractivity contribution in [3.63, 3.8) is 0 Å². The highest BCUT2D eigenvalue weighted by Crippen LogP contribution is 2.29.